The summed E-state index contributed by atoms with van der Waals surface area (Å²) in [5.41, 5.74) is 2.85. The fourth-order valence-corrected chi connectivity index (χ4v) is 5.33. The summed E-state index contributed by atoms with van der Waals surface area (Å²) >= 11 is 7.67. The number of methoxy groups -OCH3 is 1. The number of halogens is 1. The topological polar surface area (TPSA) is 63.5 Å². The van der Waals surface area contributed by atoms with Crippen molar-refractivity contribution in [3.05, 3.63) is 83.9 Å². The summed E-state index contributed by atoms with van der Waals surface area (Å²) in [6.07, 6.45) is 0. The number of anilines is 1. The summed E-state index contributed by atoms with van der Waals surface area (Å²) in [7, 11) is 1.68. The molecule has 0 saturated carbocycles. The number of amides is 1. The van der Waals surface area contributed by atoms with Gasteiger partial charge in [-0.05, 0) is 30.3 Å². The zero-order valence-corrected chi connectivity index (χ0v) is 21.5. The van der Waals surface area contributed by atoms with Gasteiger partial charge in [-0.3, -0.25) is 9.36 Å². The summed E-state index contributed by atoms with van der Waals surface area (Å²) in [5.74, 6) is 1.92. The van der Waals surface area contributed by atoms with Gasteiger partial charge in [0.25, 0.3) is 0 Å². The van der Waals surface area contributed by atoms with Gasteiger partial charge in [0.05, 0.1) is 24.2 Å². The third-order valence-corrected chi connectivity index (χ3v) is 7.26. The number of hydrogen-bond donors (Lipinski definition) is 0. The molecule has 4 aromatic rings. The Morgan fingerprint density at radius 3 is 2.44 bits per heavy atom. The number of hydrogen-bond acceptors (Lipinski definition) is 6. The number of carbonyl (C=O) groups is 1. The van der Waals surface area contributed by atoms with E-state index in [1.54, 1.807) is 7.11 Å². The molecule has 0 aliphatic carbocycles. The number of nitrogens with zero attached hydrogens (tertiary/aromatic N) is 5. The van der Waals surface area contributed by atoms with Crippen LogP contribution >= 0.6 is 23.4 Å². The highest BCUT2D eigenvalue weighted by atomic mass is 35.5. The Morgan fingerprint density at radius 2 is 1.69 bits per heavy atom. The second kappa shape index (κ2) is 11.1. The first kappa shape index (κ1) is 24.2. The van der Waals surface area contributed by atoms with Crippen LogP contribution in [-0.4, -0.2) is 64.6 Å². The Kier molecular flexibility index (Phi) is 7.44. The minimum absolute atomic E-state index is 0.0848. The number of rotatable bonds is 7. The van der Waals surface area contributed by atoms with Crippen molar-refractivity contribution in [1.29, 1.82) is 0 Å². The van der Waals surface area contributed by atoms with E-state index in [0.29, 0.717) is 29.1 Å². The van der Waals surface area contributed by atoms with Crippen molar-refractivity contribution in [3.63, 3.8) is 0 Å². The van der Waals surface area contributed by atoms with Crippen molar-refractivity contribution in [1.82, 2.24) is 19.7 Å². The lowest BCUT2D eigenvalue weighted by molar-refractivity contribution is -0.128. The van der Waals surface area contributed by atoms with E-state index in [1.807, 2.05) is 82.3 Å². The summed E-state index contributed by atoms with van der Waals surface area (Å²) in [6, 6.07) is 25.4. The molecule has 7 nitrogen and oxygen atoms in total. The zero-order valence-electron chi connectivity index (χ0n) is 19.9. The molecule has 2 heterocycles. The van der Waals surface area contributed by atoms with Crippen LogP contribution in [0.25, 0.3) is 17.1 Å². The quantitative estimate of drug-likeness (QED) is 0.319. The predicted molar refractivity (Wildman–Crippen MR) is 144 cm³/mol. The first-order chi connectivity index (χ1) is 17.6. The molecule has 1 aliphatic heterocycles. The van der Waals surface area contributed by atoms with E-state index in [4.69, 9.17) is 16.3 Å². The number of benzene rings is 3. The Labute approximate surface area is 219 Å². The molecule has 184 valence electrons. The van der Waals surface area contributed by atoms with Crippen molar-refractivity contribution in [2.45, 2.75) is 5.16 Å². The second-order valence-electron chi connectivity index (χ2n) is 8.32. The Balaban J connectivity index is 1.29. The molecule has 0 spiro atoms. The monoisotopic (exact) mass is 519 g/mol. The lowest BCUT2D eigenvalue weighted by Gasteiger charge is -2.36. The van der Waals surface area contributed by atoms with Crippen molar-refractivity contribution in [3.8, 4) is 22.8 Å². The minimum atomic E-state index is 0.0848. The normalized spacial score (nSPS) is 13.6. The van der Waals surface area contributed by atoms with Crippen LogP contribution in [0.3, 0.4) is 0 Å². The highest BCUT2D eigenvalue weighted by Gasteiger charge is 2.24. The van der Waals surface area contributed by atoms with Gasteiger partial charge in [-0.1, -0.05) is 71.9 Å². The van der Waals surface area contributed by atoms with Gasteiger partial charge in [0.2, 0.25) is 5.91 Å². The standard InChI is InChI=1S/C27H26ClN5O2S/c1-35-24-13-6-5-12-23(24)31-14-16-32(17-15-31)25(34)19-36-27-30-29-26(20-8-3-2-4-9-20)33(27)22-11-7-10-21(28)18-22/h2-13,18H,14-17,19H2,1H3. The largest absolute Gasteiger partial charge is 0.495 e. The first-order valence-corrected chi connectivity index (χ1v) is 13.1. The van der Waals surface area contributed by atoms with E-state index in [2.05, 4.69) is 21.2 Å². The van der Waals surface area contributed by atoms with E-state index in [-0.39, 0.29) is 11.7 Å². The number of para-hydroxylation sites is 2. The third-order valence-electron chi connectivity index (χ3n) is 6.11. The number of carbonyl (C=O) groups excluding carboxylic acids is 1. The highest BCUT2D eigenvalue weighted by molar-refractivity contribution is 7.99. The summed E-state index contributed by atoms with van der Waals surface area (Å²) < 4.78 is 7.46. The van der Waals surface area contributed by atoms with Gasteiger partial charge < -0.3 is 14.5 Å². The molecule has 0 atom stereocenters. The fraction of sp³-hybridized carbons (Fsp3) is 0.222. The van der Waals surface area contributed by atoms with Crippen LogP contribution < -0.4 is 9.64 Å². The summed E-state index contributed by atoms with van der Waals surface area (Å²) in [6.45, 7) is 2.84. The molecule has 1 amide bonds. The van der Waals surface area contributed by atoms with Gasteiger partial charge in [-0.2, -0.15) is 0 Å². The fourth-order valence-electron chi connectivity index (χ4n) is 4.29. The van der Waals surface area contributed by atoms with Gasteiger partial charge in [0, 0.05) is 36.8 Å². The molecule has 0 unspecified atom stereocenters. The molecule has 36 heavy (non-hydrogen) atoms. The Hall–Kier alpha value is -3.49. The predicted octanol–water partition coefficient (Wildman–Crippen LogP) is 5.04. The number of piperazine rings is 1. The van der Waals surface area contributed by atoms with Crippen molar-refractivity contribution < 1.29 is 9.53 Å². The van der Waals surface area contributed by atoms with E-state index in [0.717, 1.165) is 35.8 Å². The van der Waals surface area contributed by atoms with E-state index in [9.17, 15) is 4.79 Å². The Morgan fingerprint density at radius 1 is 0.944 bits per heavy atom. The molecule has 1 aromatic heterocycles. The molecule has 3 aromatic carbocycles. The molecule has 1 fully saturated rings. The SMILES string of the molecule is COc1ccccc1N1CCN(C(=O)CSc2nnc(-c3ccccc3)n2-c2cccc(Cl)c2)CC1. The van der Waals surface area contributed by atoms with E-state index >= 15 is 0 Å². The number of thioether (sulfide) groups is 1. The van der Waals surface area contributed by atoms with Crippen LogP contribution in [-0.2, 0) is 4.79 Å². The molecule has 9 heteroatoms. The average Bonchev–Trinajstić information content (AvgIpc) is 3.36. The highest BCUT2D eigenvalue weighted by Crippen LogP contribution is 2.30. The Bertz CT molecular complexity index is 1340. The third kappa shape index (κ3) is 5.20. The summed E-state index contributed by atoms with van der Waals surface area (Å²) in [4.78, 5) is 17.3. The molecular weight excluding hydrogens is 494 g/mol. The lowest BCUT2D eigenvalue weighted by Crippen LogP contribution is -2.49. The zero-order chi connectivity index (χ0) is 24.9. The maximum atomic E-state index is 13.1. The van der Waals surface area contributed by atoms with Gasteiger partial charge in [0.1, 0.15) is 5.75 Å². The van der Waals surface area contributed by atoms with Crippen LogP contribution in [0.1, 0.15) is 0 Å². The van der Waals surface area contributed by atoms with Gasteiger partial charge in [-0.25, -0.2) is 0 Å². The maximum absolute atomic E-state index is 13.1. The lowest BCUT2D eigenvalue weighted by atomic mass is 10.2. The molecule has 1 saturated heterocycles. The van der Waals surface area contributed by atoms with Gasteiger partial charge >= 0.3 is 0 Å². The van der Waals surface area contributed by atoms with E-state index in [1.165, 1.54) is 11.8 Å². The summed E-state index contributed by atoms with van der Waals surface area (Å²) in [5, 5.41) is 10.2. The van der Waals surface area contributed by atoms with Crippen molar-refractivity contribution >= 4 is 35.0 Å². The smallest absolute Gasteiger partial charge is 0.233 e. The van der Waals surface area contributed by atoms with Crippen LogP contribution in [0, 0.1) is 0 Å². The number of aromatic nitrogens is 3. The van der Waals surface area contributed by atoms with Crippen LogP contribution in [0.2, 0.25) is 5.02 Å². The van der Waals surface area contributed by atoms with E-state index < -0.39 is 0 Å². The first-order valence-electron chi connectivity index (χ1n) is 11.7. The van der Waals surface area contributed by atoms with Crippen LogP contribution in [0.5, 0.6) is 5.75 Å². The molecular formula is C27H26ClN5O2S. The average molecular weight is 520 g/mol. The van der Waals surface area contributed by atoms with Gasteiger partial charge in [-0.15, -0.1) is 10.2 Å². The van der Waals surface area contributed by atoms with Crippen molar-refractivity contribution in [2.24, 2.45) is 0 Å². The van der Waals surface area contributed by atoms with Crippen molar-refractivity contribution in [2.75, 3.05) is 43.9 Å². The molecule has 0 radical (unpaired) electrons. The number of ether oxygens (including phenoxy) is 1. The molecule has 5 rings (SSSR count). The van der Waals surface area contributed by atoms with Crippen LogP contribution in [0.15, 0.2) is 84.0 Å². The van der Waals surface area contributed by atoms with Gasteiger partial charge in [0.15, 0.2) is 11.0 Å². The second-order valence-corrected chi connectivity index (χ2v) is 9.69. The van der Waals surface area contributed by atoms with Crippen LogP contribution in [0.4, 0.5) is 5.69 Å². The molecule has 1 aliphatic rings. The minimum Gasteiger partial charge on any atom is -0.495 e. The molecule has 0 N–H and O–H groups in total. The maximum Gasteiger partial charge on any atom is 0.233 e. The molecule has 0 bridgehead atoms.